The van der Waals surface area contributed by atoms with E-state index in [1.807, 2.05) is 42.5 Å². The fourth-order valence-corrected chi connectivity index (χ4v) is 2.48. The zero-order chi connectivity index (χ0) is 18.5. The van der Waals surface area contributed by atoms with Gasteiger partial charge in [0.05, 0.1) is 5.69 Å². The summed E-state index contributed by atoms with van der Waals surface area (Å²) in [6.07, 6.45) is 1.51. The standard InChI is InChI=1S/C20H15N5O2/c26-20(22-16-8-10-17(11-9-16)25-14-21-23-24-25)15-6-12-19(13-7-15)27-18-4-2-1-3-5-18/h1-14H,(H,22,26). The second-order valence-electron chi connectivity index (χ2n) is 5.69. The molecular formula is C20H15N5O2. The number of tetrazole rings is 1. The van der Waals surface area contributed by atoms with Crippen LogP contribution in [0.3, 0.4) is 0 Å². The molecule has 0 radical (unpaired) electrons. The van der Waals surface area contributed by atoms with Crippen LogP contribution < -0.4 is 10.1 Å². The first-order valence-electron chi connectivity index (χ1n) is 8.26. The number of anilines is 1. The van der Waals surface area contributed by atoms with E-state index in [9.17, 15) is 4.79 Å². The van der Waals surface area contributed by atoms with Crippen LogP contribution in [0.5, 0.6) is 11.5 Å². The monoisotopic (exact) mass is 357 g/mol. The van der Waals surface area contributed by atoms with Crippen LogP contribution in [0.15, 0.2) is 85.2 Å². The van der Waals surface area contributed by atoms with E-state index in [2.05, 4.69) is 20.8 Å². The fourth-order valence-electron chi connectivity index (χ4n) is 2.48. The van der Waals surface area contributed by atoms with Gasteiger partial charge in [-0.3, -0.25) is 4.79 Å². The molecule has 3 aromatic carbocycles. The summed E-state index contributed by atoms with van der Waals surface area (Å²) in [5.74, 6) is 1.22. The Labute approximate surface area is 155 Å². The minimum absolute atomic E-state index is 0.198. The van der Waals surface area contributed by atoms with Gasteiger partial charge in [-0.2, -0.15) is 0 Å². The highest BCUT2D eigenvalue weighted by molar-refractivity contribution is 6.04. The van der Waals surface area contributed by atoms with Crippen molar-refractivity contribution < 1.29 is 9.53 Å². The van der Waals surface area contributed by atoms with Gasteiger partial charge in [0.2, 0.25) is 0 Å². The van der Waals surface area contributed by atoms with Crippen LogP contribution in [0.25, 0.3) is 5.69 Å². The lowest BCUT2D eigenvalue weighted by molar-refractivity contribution is 0.102. The second-order valence-corrected chi connectivity index (χ2v) is 5.69. The number of carbonyl (C=O) groups excluding carboxylic acids is 1. The number of amides is 1. The molecule has 0 spiro atoms. The van der Waals surface area contributed by atoms with Crippen LogP contribution >= 0.6 is 0 Å². The molecule has 4 aromatic rings. The summed E-state index contributed by atoms with van der Waals surface area (Å²) in [4.78, 5) is 12.4. The van der Waals surface area contributed by atoms with Crippen molar-refractivity contribution in [1.82, 2.24) is 20.2 Å². The zero-order valence-corrected chi connectivity index (χ0v) is 14.2. The van der Waals surface area contributed by atoms with Crippen molar-refractivity contribution in [2.75, 3.05) is 5.32 Å². The number of hydrogen-bond donors (Lipinski definition) is 1. The second kappa shape index (κ2) is 7.49. The highest BCUT2D eigenvalue weighted by Crippen LogP contribution is 2.21. The Morgan fingerprint density at radius 3 is 2.22 bits per heavy atom. The Balaban J connectivity index is 1.40. The van der Waals surface area contributed by atoms with E-state index < -0.39 is 0 Å². The summed E-state index contributed by atoms with van der Waals surface area (Å²) >= 11 is 0. The zero-order valence-electron chi connectivity index (χ0n) is 14.2. The topological polar surface area (TPSA) is 81.9 Å². The lowest BCUT2D eigenvalue weighted by Gasteiger charge is -2.08. The molecule has 1 N–H and O–H groups in total. The number of nitrogens with zero attached hydrogens (tertiary/aromatic N) is 4. The molecule has 4 rings (SSSR count). The fraction of sp³-hybridized carbons (Fsp3) is 0. The molecule has 0 fully saturated rings. The van der Waals surface area contributed by atoms with E-state index >= 15 is 0 Å². The third kappa shape index (κ3) is 3.98. The Kier molecular flexibility index (Phi) is 4.57. The summed E-state index contributed by atoms with van der Waals surface area (Å²) in [6.45, 7) is 0. The molecule has 0 atom stereocenters. The smallest absolute Gasteiger partial charge is 0.255 e. The van der Waals surface area contributed by atoms with Crippen molar-refractivity contribution in [3.8, 4) is 17.2 Å². The molecule has 1 heterocycles. The predicted octanol–water partition coefficient (Wildman–Crippen LogP) is 3.71. The van der Waals surface area contributed by atoms with Gasteiger partial charge >= 0.3 is 0 Å². The van der Waals surface area contributed by atoms with Crippen molar-refractivity contribution in [2.45, 2.75) is 0 Å². The van der Waals surface area contributed by atoms with Gasteiger partial charge in [-0.25, -0.2) is 4.68 Å². The third-order valence-corrected chi connectivity index (χ3v) is 3.83. The maximum atomic E-state index is 12.4. The SMILES string of the molecule is O=C(Nc1ccc(-n2cnnn2)cc1)c1ccc(Oc2ccccc2)cc1. The molecule has 7 heteroatoms. The molecule has 0 aliphatic rings. The van der Waals surface area contributed by atoms with E-state index in [0.29, 0.717) is 17.0 Å². The van der Waals surface area contributed by atoms with E-state index in [1.54, 1.807) is 36.4 Å². The van der Waals surface area contributed by atoms with E-state index in [-0.39, 0.29) is 5.91 Å². The van der Waals surface area contributed by atoms with Crippen molar-refractivity contribution in [1.29, 1.82) is 0 Å². The Hall–Kier alpha value is -4.00. The lowest BCUT2D eigenvalue weighted by Crippen LogP contribution is -2.11. The number of para-hydroxylation sites is 1. The van der Waals surface area contributed by atoms with Gasteiger partial charge in [0.15, 0.2) is 0 Å². The minimum Gasteiger partial charge on any atom is -0.457 e. The van der Waals surface area contributed by atoms with Gasteiger partial charge in [-0.15, -0.1) is 5.10 Å². The summed E-state index contributed by atoms with van der Waals surface area (Å²) in [5.41, 5.74) is 2.03. The summed E-state index contributed by atoms with van der Waals surface area (Å²) < 4.78 is 7.27. The van der Waals surface area contributed by atoms with E-state index in [1.165, 1.54) is 11.0 Å². The average Bonchev–Trinajstić information content (AvgIpc) is 3.25. The van der Waals surface area contributed by atoms with Crippen molar-refractivity contribution in [3.05, 3.63) is 90.8 Å². The molecule has 0 aliphatic heterocycles. The number of rotatable bonds is 5. The lowest BCUT2D eigenvalue weighted by atomic mass is 10.2. The molecular weight excluding hydrogens is 342 g/mol. The van der Waals surface area contributed by atoms with Crippen LogP contribution in [0.2, 0.25) is 0 Å². The summed E-state index contributed by atoms with van der Waals surface area (Å²) in [5, 5.41) is 13.9. The first kappa shape index (κ1) is 16.5. The van der Waals surface area contributed by atoms with E-state index in [0.717, 1.165) is 11.4 Å². The van der Waals surface area contributed by atoms with Crippen LogP contribution in [0.1, 0.15) is 10.4 Å². The summed E-state index contributed by atoms with van der Waals surface area (Å²) in [7, 11) is 0. The number of aromatic nitrogens is 4. The first-order chi connectivity index (χ1) is 13.3. The number of carbonyl (C=O) groups is 1. The minimum atomic E-state index is -0.198. The largest absolute Gasteiger partial charge is 0.457 e. The highest BCUT2D eigenvalue weighted by atomic mass is 16.5. The van der Waals surface area contributed by atoms with Gasteiger partial charge in [0.1, 0.15) is 17.8 Å². The van der Waals surface area contributed by atoms with E-state index in [4.69, 9.17) is 4.74 Å². The molecule has 0 aliphatic carbocycles. The number of ether oxygens (including phenoxy) is 1. The summed E-state index contributed by atoms with van der Waals surface area (Å²) in [6, 6.07) is 23.7. The highest BCUT2D eigenvalue weighted by Gasteiger charge is 2.07. The molecule has 0 unspecified atom stereocenters. The normalized spacial score (nSPS) is 10.4. The molecule has 7 nitrogen and oxygen atoms in total. The van der Waals surface area contributed by atoms with Crippen LogP contribution in [-0.4, -0.2) is 26.1 Å². The van der Waals surface area contributed by atoms with Crippen LogP contribution in [-0.2, 0) is 0 Å². The average molecular weight is 357 g/mol. The van der Waals surface area contributed by atoms with Gasteiger partial charge < -0.3 is 10.1 Å². The van der Waals surface area contributed by atoms with Crippen molar-refractivity contribution >= 4 is 11.6 Å². The van der Waals surface area contributed by atoms with Gasteiger partial charge in [-0.05, 0) is 71.1 Å². The Morgan fingerprint density at radius 2 is 1.56 bits per heavy atom. The van der Waals surface area contributed by atoms with Crippen LogP contribution in [0, 0.1) is 0 Å². The number of hydrogen-bond acceptors (Lipinski definition) is 5. The molecule has 1 amide bonds. The maximum absolute atomic E-state index is 12.4. The third-order valence-electron chi connectivity index (χ3n) is 3.83. The van der Waals surface area contributed by atoms with Gasteiger partial charge in [-0.1, -0.05) is 18.2 Å². The number of benzene rings is 3. The van der Waals surface area contributed by atoms with Crippen LogP contribution in [0.4, 0.5) is 5.69 Å². The molecule has 0 saturated heterocycles. The van der Waals surface area contributed by atoms with Gasteiger partial charge in [0.25, 0.3) is 5.91 Å². The molecule has 1 aromatic heterocycles. The molecule has 0 bridgehead atoms. The molecule has 27 heavy (non-hydrogen) atoms. The quantitative estimate of drug-likeness (QED) is 0.589. The van der Waals surface area contributed by atoms with Crippen molar-refractivity contribution in [3.63, 3.8) is 0 Å². The Bertz CT molecular complexity index is 1010. The number of nitrogens with one attached hydrogen (secondary N) is 1. The first-order valence-corrected chi connectivity index (χ1v) is 8.26. The maximum Gasteiger partial charge on any atom is 0.255 e. The van der Waals surface area contributed by atoms with Gasteiger partial charge in [0, 0.05) is 11.3 Å². The molecule has 132 valence electrons. The Morgan fingerprint density at radius 1 is 0.852 bits per heavy atom. The van der Waals surface area contributed by atoms with Crippen molar-refractivity contribution in [2.24, 2.45) is 0 Å². The molecule has 0 saturated carbocycles. The predicted molar refractivity (Wildman–Crippen MR) is 100 cm³/mol.